The molecule has 0 heterocycles. The maximum atomic E-state index is 3.46. The number of nitrogens with one attached hydrogen (secondary N) is 2. The Balaban J connectivity index is 1.93. The molecular formula is C14H24N2. The smallest absolute Gasteiger partial charge is 0.0205 e. The normalized spacial score (nSPS) is 10.9. The molecule has 0 bridgehead atoms. The van der Waals surface area contributed by atoms with Crippen LogP contribution in [0.4, 0.5) is 0 Å². The molecule has 0 saturated carbocycles. The van der Waals surface area contributed by atoms with Crippen LogP contribution in [0.2, 0.25) is 0 Å². The lowest BCUT2D eigenvalue weighted by molar-refractivity contribution is 0.541. The molecule has 2 N–H and O–H groups in total. The van der Waals surface area contributed by atoms with Crippen LogP contribution in [0.1, 0.15) is 32.3 Å². The lowest BCUT2D eigenvalue weighted by Gasteiger charge is -2.08. The molecule has 0 atom stereocenters. The average Bonchev–Trinajstić information content (AvgIpc) is 2.29. The summed E-state index contributed by atoms with van der Waals surface area (Å²) >= 11 is 0. The third-order valence-corrected chi connectivity index (χ3v) is 2.50. The van der Waals surface area contributed by atoms with Crippen LogP contribution in [0.15, 0.2) is 30.3 Å². The summed E-state index contributed by atoms with van der Waals surface area (Å²) in [7, 11) is 0. The minimum absolute atomic E-state index is 0.609. The first-order valence-corrected chi connectivity index (χ1v) is 6.27. The molecule has 1 aromatic rings. The molecule has 1 aromatic carbocycles. The van der Waals surface area contributed by atoms with Crippen LogP contribution in [-0.2, 0) is 6.54 Å². The summed E-state index contributed by atoms with van der Waals surface area (Å²) in [5.41, 5.74) is 1.36. The lowest BCUT2D eigenvalue weighted by Crippen LogP contribution is -2.24. The molecule has 0 saturated heterocycles. The second kappa shape index (κ2) is 8.31. The third kappa shape index (κ3) is 6.59. The quantitative estimate of drug-likeness (QED) is 0.658. The van der Waals surface area contributed by atoms with Crippen molar-refractivity contribution in [1.29, 1.82) is 0 Å². The lowest BCUT2D eigenvalue weighted by atomic mass is 10.2. The summed E-state index contributed by atoms with van der Waals surface area (Å²) in [6.07, 6.45) is 2.49. The number of rotatable bonds is 8. The van der Waals surface area contributed by atoms with E-state index in [0.29, 0.717) is 6.04 Å². The highest BCUT2D eigenvalue weighted by atomic mass is 14.9. The van der Waals surface area contributed by atoms with Crippen LogP contribution in [0.3, 0.4) is 0 Å². The Morgan fingerprint density at radius 3 is 2.38 bits per heavy atom. The van der Waals surface area contributed by atoms with Gasteiger partial charge in [-0.25, -0.2) is 0 Å². The first-order chi connectivity index (χ1) is 7.79. The number of hydrogen-bond donors (Lipinski definition) is 2. The van der Waals surface area contributed by atoms with Crippen molar-refractivity contribution >= 4 is 0 Å². The Hall–Kier alpha value is -0.860. The summed E-state index contributed by atoms with van der Waals surface area (Å²) in [5.74, 6) is 0. The highest BCUT2D eigenvalue weighted by Gasteiger charge is 1.93. The molecule has 1 rings (SSSR count). The topological polar surface area (TPSA) is 24.1 Å². The van der Waals surface area contributed by atoms with Gasteiger partial charge >= 0.3 is 0 Å². The molecule has 0 amide bonds. The summed E-state index contributed by atoms with van der Waals surface area (Å²) in [6, 6.07) is 11.2. The van der Waals surface area contributed by atoms with Gasteiger partial charge in [0.2, 0.25) is 0 Å². The van der Waals surface area contributed by atoms with E-state index in [1.54, 1.807) is 0 Å². The van der Waals surface area contributed by atoms with Crippen LogP contribution in [0.25, 0.3) is 0 Å². The van der Waals surface area contributed by atoms with Gasteiger partial charge in [0.05, 0.1) is 0 Å². The molecule has 0 unspecified atom stereocenters. The Labute approximate surface area is 99.5 Å². The molecule has 2 heteroatoms. The van der Waals surface area contributed by atoms with E-state index >= 15 is 0 Å². The maximum absolute atomic E-state index is 3.46. The van der Waals surface area contributed by atoms with Gasteiger partial charge in [-0.2, -0.15) is 0 Å². The molecule has 0 spiro atoms. The molecule has 0 aromatic heterocycles. The van der Waals surface area contributed by atoms with Crippen molar-refractivity contribution in [3.63, 3.8) is 0 Å². The van der Waals surface area contributed by atoms with Gasteiger partial charge < -0.3 is 10.6 Å². The Morgan fingerprint density at radius 1 is 1.00 bits per heavy atom. The van der Waals surface area contributed by atoms with Crippen molar-refractivity contribution in [2.24, 2.45) is 0 Å². The molecular weight excluding hydrogens is 196 g/mol. The Morgan fingerprint density at radius 2 is 1.69 bits per heavy atom. The van der Waals surface area contributed by atoms with Crippen molar-refractivity contribution in [3.8, 4) is 0 Å². The molecule has 2 nitrogen and oxygen atoms in total. The van der Waals surface area contributed by atoms with E-state index in [1.165, 1.54) is 18.4 Å². The highest BCUT2D eigenvalue weighted by molar-refractivity contribution is 5.14. The zero-order valence-electron chi connectivity index (χ0n) is 10.5. The Bertz CT molecular complexity index is 257. The van der Waals surface area contributed by atoms with E-state index in [-0.39, 0.29) is 0 Å². The van der Waals surface area contributed by atoms with E-state index < -0.39 is 0 Å². The SMILES string of the molecule is CC(C)NCCCCNCc1ccccc1. The van der Waals surface area contributed by atoms with E-state index in [2.05, 4.69) is 54.8 Å². The fourth-order valence-electron chi connectivity index (χ4n) is 1.59. The van der Waals surface area contributed by atoms with Crippen molar-refractivity contribution in [2.75, 3.05) is 13.1 Å². The second-order valence-electron chi connectivity index (χ2n) is 4.48. The van der Waals surface area contributed by atoms with Gasteiger partial charge in [-0.05, 0) is 31.5 Å². The first kappa shape index (κ1) is 13.2. The fourth-order valence-corrected chi connectivity index (χ4v) is 1.59. The van der Waals surface area contributed by atoms with Crippen molar-refractivity contribution < 1.29 is 0 Å². The minimum atomic E-state index is 0.609. The van der Waals surface area contributed by atoms with Crippen LogP contribution in [-0.4, -0.2) is 19.1 Å². The summed E-state index contributed by atoms with van der Waals surface area (Å²) < 4.78 is 0. The van der Waals surface area contributed by atoms with Gasteiger partial charge in [-0.3, -0.25) is 0 Å². The van der Waals surface area contributed by atoms with Crippen LogP contribution < -0.4 is 10.6 Å². The largest absolute Gasteiger partial charge is 0.315 e. The van der Waals surface area contributed by atoms with Crippen molar-refractivity contribution in [3.05, 3.63) is 35.9 Å². The number of unbranched alkanes of at least 4 members (excludes halogenated alkanes) is 1. The fraction of sp³-hybridized carbons (Fsp3) is 0.571. The zero-order valence-corrected chi connectivity index (χ0v) is 10.5. The van der Waals surface area contributed by atoms with E-state index in [1.807, 2.05) is 0 Å². The van der Waals surface area contributed by atoms with Gasteiger partial charge in [0, 0.05) is 12.6 Å². The van der Waals surface area contributed by atoms with Crippen molar-refractivity contribution in [2.45, 2.75) is 39.3 Å². The molecule has 90 valence electrons. The van der Waals surface area contributed by atoms with Gasteiger partial charge in [-0.15, -0.1) is 0 Å². The second-order valence-corrected chi connectivity index (χ2v) is 4.48. The highest BCUT2D eigenvalue weighted by Crippen LogP contribution is 1.97. The van der Waals surface area contributed by atoms with Gasteiger partial charge in [0.1, 0.15) is 0 Å². The standard InChI is InChI=1S/C14H24N2/c1-13(2)16-11-7-6-10-15-12-14-8-4-3-5-9-14/h3-5,8-9,13,15-16H,6-7,10-12H2,1-2H3. The van der Waals surface area contributed by atoms with Gasteiger partial charge in [0.15, 0.2) is 0 Å². The van der Waals surface area contributed by atoms with Gasteiger partial charge in [0.25, 0.3) is 0 Å². The predicted octanol–water partition coefficient (Wildman–Crippen LogP) is 2.55. The number of hydrogen-bond acceptors (Lipinski definition) is 2. The minimum Gasteiger partial charge on any atom is -0.315 e. The molecule has 0 fully saturated rings. The predicted molar refractivity (Wildman–Crippen MR) is 70.5 cm³/mol. The van der Waals surface area contributed by atoms with Crippen LogP contribution >= 0.6 is 0 Å². The molecule has 0 aliphatic carbocycles. The molecule has 0 radical (unpaired) electrons. The van der Waals surface area contributed by atoms with Crippen molar-refractivity contribution in [1.82, 2.24) is 10.6 Å². The van der Waals surface area contributed by atoms with Gasteiger partial charge in [-0.1, -0.05) is 44.2 Å². The van der Waals surface area contributed by atoms with E-state index in [9.17, 15) is 0 Å². The van der Waals surface area contributed by atoms with Crippen LogP contribution in [0, 0.1) is 0 Å². The first-order valence-electron chi connectivity index (χ1n) is 6.27. The summed E-state index contributed by atoms with van der Waals surface area (Å²) in [4.78, 5) is 0. The molecule has 0 aliphatic rings. The van der Waals surface area contributed by atoms with Crippen LogP contribution in [0.5, 0.6) is 0 Å². The average molecular weight is 220 g/mol. The Kier molecular flexibility index (Phi) is 6.86. The summed E-state index contributed by atoms with van der Waals surface area (Å²) in [5, 5.41) is 6.89. The monoisotopic (exact) mass is 220 g/mol. The summed E-state index contributed by atoms with van der Waals surface area (Å²) in [6.45, 7) is 7.60. The van der Waals surface area contributed by atoms with E-state index in [0.717, 1.165) is 19.6 Å². The maximum Gasteiger partial charge on any atom is 0.0205 e. The number of benzene rings is 1. The zero-order chi connectivity index (χ0) is 11.6. The van der Waals surface area contributed by atoms with E-state index in [4.69, 9.17) is 0 Å². The molecule has 0 aliphatic heterocycles. The molecule has 16 heavy (non-hydrogen) atoms. The third-order valence-electron chi connectivity index (χ3n) is 2.50.